The van der Waals surface area contributed by atoms with Crippen LogP contribution in [0.3, 0.4) is 0 Å². The average molecular weight is 736 g/mol. The third-order valence-electron chi connectivity index (χ3n) is 10.9. The van der Waals surface area contributed by atoms with Crippen LogP contribution in [0.15, 0.2) is 200 Å². The number of rotatable bonds is 6. The summed E-state index contributed by atoms with van der Waals surface area (Å²) in [6.45, 7) is 0. The molecule has 2 heterocycles. The van der Waals surface area contributed by atoms with Crippen LogP contribution >= 0.6 is 22.7 Å². The van der Waals surface area contributed by atoms with Crippen LogP contribution in [-0.2, 0) is 0 Å². The van der Waals surface area contributed by atoms with E-state index in [9.17, 15) is 0 Å². The van der Waals surface area contributed by atoms with Crippen molar-refractivity contribution in [2.24, 2.45) is 0 Å². The van der Waals surface area contributed by atoms with E-state index in [-0.39, 0.29) is 0 Å². The molecule has 0 aliphatic carbocycles. The van der Waals surface area contributed by atoms with Gasteiger partial charge >= 0.3 is 0 Å². The van der Waals surface area contributed by atoms with Crippen molar-refractivity contribution < 1.29 is 0 Å². The maximum atomic E-state index is 2.46. The average Bonchev–Trinajstić information content (AvgIpc) is 3.83. The molecule has 0 N–H and O–H groups in total. The summed E-state index contributed by atoms with van der Waals surface area (Å²) in [4.78, 5) is 2.46. The second-order valence-corrected chi connectivity index (χ2v) is 16.2. The highest BCUT2D eigenvalue weighted by Crippen LogP contribution is 2.48. The third-order valence-corrected chi connectivity index (χ3v) is 13.3. The quantitative estimate of drug-likeness (QED) is 0.164. The van der Waals surface area contributed by atoms with Crippen LogP contribution in [0.4, 0.5) is 17.1 Å². The molecule has 0 spiro atoms. The smallest absolute Gasteiger partial charge is 0.0640 e. The van der Waals surface area contributed by atoms with E-state index < -0.39 is 0 Å². The second-order valence-electron chi connectivity index (χ2n) is 14.1. The summed E-state index contributed by atoms with van der Waals surface area (Å²) in [5.74, 6) is 0. The molecule has 258 valence electrons. The first-order valence-electron chi connectivity index (χ1n) is 18.7. The highest BCUT2D eigenvalue weighted by molar-refractivity contribution is 7.26. The summed E-state index contributed by atoms with van der Waals surface area (Å²) < 4.78 is 5.21. The van der Waals surface area contributed by atoms with E-state index in [1.54, 1.807) is 0 Å². The second kappa shape index (κ2) is 13.1. The zero-order chi connectivity index (χ0) is 36.3. The molecule has 3 heteroatoms. The molecule has 2 aromatic heterocycles. The van der Waals surface area contributed by atoms with Crippen LogP contribution in [0.25, 0.3) is 84.5 Å². The minimum absolute atomic E-state index is 1.12. The first-order valence-corrected chi connectivity index (χ1v) is 20.3. The van der Waals surface area contributed by atoms with Crippen LogP contribution in [0, 0.1) is 0 Å². The molecular formula is C52H33NS2. The standard InChI is InChI=1S/C52H33NS2/c1-2-13-36(14-3-1)41-31-30-40(33-47(41)46-19-10-18-44-42-16-6-8-22-49(42)54-51(44)46)53(48-21-11-20-45-43-17-7-9-23-50(43)55-52(45)48)39-28-26-35(27-29-39)38-25-24-34-12-4-5-15-37(34)32-38/h1-33H. The predicted octanol–water partition coefficient (Wildman–Crippen LogP) is 16.0. The molecule has 0 unspecified atom stereocenters. The Morgan fingerprint density at radius 2 is 0.909 bits per heavy atom. The number of hydrogen-bond donors (Lipinski definition) is 0. The molecule has 1 nitrogen and oxygen atoms in total. The first-order chi connectivity index (χ1) is 27.3. The molecule has 0 aliphatic rings. The molecule has 55 heavy (non-hydrogen) atoms. The summed E-state index contributed by atoms with van der Waals surface area (Å²) in [5.41, 5.74) is 10.7. The van der Waals surface area contributed by atoms with Gasteiger partial charge in [-0.15, -0.1) is 22.7 Å². The van der Waals surface area contributed by atoms with Crippen LogP contribution in [0.5, 0.6) is 0 Å². The SMILES string of the molecule is c1ccc(-c2ccc(N(c3ccc(-c4ccc5ccccc5c4)cc3)c3cccc4c3sc3ccccc34)cc2-c2cccc3c2sc2ccccc23)cc1. The van der Waals surface area contributed by atoms with E-state index in [0.717, 1.165) is 11.4 Å². The van der Waals surface area contributed by atoms with E-state index >= 15 is 0 Å². The highest BCUT2D eigenvalue weighted by Gasteiger charge is 2.21. The maximum absolute atomic E-state index is 2.46. The van der Waals surface area contributed by atoms with E-state index in [0.29, 0.717) is 0 Å². The van der Waals surface area contributed by atoms with Crippen molar-refractivity contribution in [2.45, 2.75) is 0 Å². The van der Waals surface area contributed by atoms with Gasteiger partial charge in [0, 0.05) is 52.6 Å². The minimum Gasteiger partial charge on any atom is -0.309 e. The lowest BCUT2D eigenvalue weighted by atomic mass is 9.92. The molecule has 9 aromatic carbocycles. The summed E-state index contributed by atoms with van der Waals surface area (Å²) in [6.07, 6.45) is 0. The Morgan fingerprint density at radius 1 is 0.309 bits per heavy atom. The molecule has 0 fully saturated rings. The molecule has 0 aliphatic heterocycles. The lowest BCUT2D eigenvalue weighted by molar-refractivity contribution is 1.30. The van der Waals surface area contributed by atoms with Gasteiger partial charge in [0.2, 0.25) is 0 Å². The Kier molecular flexibility index (Phi) is 7.61. The zero-order valence-electron chi connectivity index (χ0n) is 29.8. The van der Waals surface area contributed by atoms with E-state index in [1.807, 2.05) is 22.7 Å². The Morgan fingerprint density at radius 3 is 1.69 bits per heavy atom. The van der Waals surface area contributed by atoms with Crippen molar-refractivity contribution in [1.82, 2.24) is 0 Å². The Bertz CT molecular complexity index is 3210. The summed E-state index contributed by atoms with van der Waals surface area (Å²) in [5, 5.41) is 7.71. The topological polar surface area (TPSA) is 3.24 Å². The van der Waals surface area contributed by atoms with Crippen molar-refractivity contribution in [2.75, 3.05) is 4.90 Å². The van der Waals surface area contributed by atoms with E-state index in [4.69, 9.17) is 0 Å². The lowest BCUT2D eigenvalue weighted by Gasteiger charge is -2.27. The molecule has 0 radical (unpaired) electrons. The Hall–Kier alpha value is -6.52. The van der Waals surface area contributed by atoms with Crippen molar-refractivity contribution in [3.63, 3.8) is 0 Å². The highest BCUT2D eigenvalue weighted by atomic mass is 32.1. The van der Waals surface area contributed by atoms with Gasteiger partial charge in [-0.25, -0.2) is 0 Å². The van der Waals surface area contributed by atoms with Crippen molar-refractivity contribution in [3.05, 3.63) is 200 Å². The van der Waals surface area contributed by atoms with Gasteiger partial charge < -0.3 is 4.90 Å². The van der Waals surface area contributed by atoms with Crippen LogP contribution in [0.2, 0.25) is 0 Å². The Labute approximate surface area is 327 Å². The lowest BCUT2D eigenvalue weighted by Crippen LogP contribution is -2.10. The Balaban J connectivity index is 1.14. The van der Waals surface area contributed by atoms with Crippen LogP contribution in [-0.4, -0.2) is 0 Å². The first kappa shape index (κ1) is 32.0. The normalized spacial score (nSPS) is 11.6. The van der Waals surface area contributed by atoms with Crippen LogP contribution < -0.4 is 4.90 Å². The van der Waals surface area contributed by atoms with Gasteiger partial charge in [-0.1, -0.05) is 152 Å². The van der Waals surface area contributed by atoms with Crippen molar-refractivity contribution >= 4 is 90.9 Å². The molecule has 0 amide bonds. The number of thiophene rings is 2. The zero-order valence-corrected chi connectivity index (χ0v) is 31.4. The van der Waals surface area contributed by atoms with Crippen molar-refractivity contribution in [3.8, 4) is 33.4 Å². The number of nitrogens with zero attached hydrogens (tertiary/aromatic N) is 1. The largest absolute Gasteiger partial charge is 0.309 e. The van der Waals surface area contributed by atoms with Gasteiger partial charge in [0.05, 0.1) is 10.4 Å². The molecule has 0 saturated carbocycles. The molecule has 0 bridgehead atoms. The molecule has 11 aromatic rings. The molecular weight excluding hydrogens is 703 g/mol. The number of anilines is 3. The summed E-state index contributed by atoms with van der Waals surface area (Å²) in [6, 6.07) is 73.5. The predicted molar refractivity (Wildman–Crippen MR) is 241 cm³/mol. The van der Waals surface area contributed by atoms with E-state index in [2.05, 4.69) is 205 Å². The van der Waals surface area contributed by atoms with Gasteiger partial charge in [0.1, 0.15) is 0 Å². The monoisotopic (exact) mass is 735 g/mol. The number of hydrogen-bond acceptors (Lipinski definition) is 3. The van der Waals surface area contributed by atoms with Crippen LogP contribution in [0.1, 0.15) is 0 Å². The maximum Gasteiger partial charge on any atom is 0.0640 e. The number of fused-ring (bicyclic) bond motifs is 7. The summed E-state index contributed by atoms with van der Waals surface area (Å²) >= 11 is 3.76. The molecule has 0 saturated heterocycles. The van der Waals surface area contributed by atoms with Gasteiger partial charge in [0.25, 0.3) is 0 Å². The minimum atomic E-state index is 1.12. The van der Waals surface area contributed by atoms with Crippen molar-refractivity contribution in [1.29, 1.82) is 0 Å². The van der Waals surface area contributed by atoms with Gasteiger partial charge in [-0.05, 0) is 87.1 Å². The third kappa shape index (κ3) is 5.43. The van der Waals surface area contributed by atoms with Gasteiger partial charge in [0.15, 0.2) is 0 Å². The fraction of sp³-hybridized carbons (Fsp3) is 0. The fourth-order valence-electron chi connectivity index (χ4n) is 8.23. The van der Waals surface area contributed by atoms with E-state index in [1.165, 1.54) is 90.2 Å². The van der Waals surface area contributed by atoms with Gasteiger partial charge in [-0.3, -0.25) is 0 Å². The molecule has 0 atom stereocenters. The molecule has 11 rings (SSSR count). The van der Waals surface area contributed by atoms with Gasteiger partial charge in [-0.2, -0.15) is 0 Å². The number of benzene rings is 9. The summed E-state index contributed by atoms with van der Waals surface area (Å²) in [7, 11) is 0. The fourth-order valence-corrected chi connectivity index (χ4v) is 10.7.